The van der Waals surface area contributed by atoms with E-state index in [0.717, 1.165) is 17.5 Å². The second kappa shape index (κ2) is 8.30. The molecular weight excluding hydrogens is 276 g/mol. The first-order valence-corrected chi connectivity index (χ1v) is 8.29. The first kappa shape index (κ1) is 17.0. The third kappa shape index (κ3) is 4.82. The summed E-state index contributed by atoms with van der Waals surface area (Å²) in [6, 6.07) is 7.13. The molecular formula is C18H28N2O2. The fraction of sp³-hybridized carbons (Fsp3) is 0.611. The van der Waals surface area contributed by atoms with Crippen LogP contribution in [0, 0.1) is 12.8 Å². The maximum Gasteiger partial charge on any atom is 0.241 e. The molecule has 0 saturated heterocycles. The van der Waals surface area contributed by atoms with Gasteiger partial charge in [-0.25, -0.2) is 0 Å². The Morgan fingerprint density at radius 3 is 2.68 bits per heavy atom. The molecule has 122 valence electrons. The van der Waals surface area contributed by atoms with Crippen molar-refractivity contribution in [3.05, 3.63) is 35.4 Å². The molecule has 3 unspecified atom stereocenters. The molecule has 0 radical (unpaired) electrons. The molecule has 3 N–H and O–H groups in total. The molecule has 4 heteroatoms. The van der Waals surface area contributed by atoms with Crippen LogP contribution in [0.15, 0.2) is 24.3 Å². The summed E-state index contributed by atoms with van der Waals surface area (Å²) in [4.78, 5) is 12.1. The third-order valence-corrected chi connectivity index (χ3v) is 4.48. The quantitative estimate of drug-likeness (QED) is 0.794. The van der Waals surface area contributed by atoms with Gasteiger partial charge in [0, 0.05) is 6.54 Å². The fourth-order valence-corrected chi connectivity index (χ4v) is 2.95. The van der Waals surface area contributed by atoms with Gasteiger partial charge in [0.2, 0.25) is 5.91 Å². The average Bonchev–Trinajstić information content (AvgIpc) is 2.53. The van der Waals surface area contributed by atoms with Gasteiger partial charge in [-0.1, -0.05) is 49.6 Å². The Hall–Kier alpha value is -1.39. The van der Waals surface area contributed by atoms with Crippen molar-refractivity contribution in [2.24, 2.45) is 11.7 Å². The summed E-state index contributed by atoms with van der Waals surface area (Å²) < 4.78 is 5.89. The molecule has 1 aliphatic rings. The second-order valence-electron chi connectivity index (χ2n) is 6.35. The van der Waals surface area contributed by atoms with Crippen LogP contribution in [0.4, 0.5) is 0 Å². The maximum atomic E-state index is 12.1. The van der Waals surface area contributed by atoms with Gasteiger partial charge >= 0.3 is 0 Å². The van der Waals surface area contributed by atoms with Crippen LogP contribution in [0.2, 0.25) is 0 Å². The van der Waals surface area contributed by atoms with Crippen molar-refractivity contribution in [2.75, 3.05) is 13.2 Å². The van der Waals surface area contributed by atoms with Crippen molar-refractivity contribution < 1.29 is 9.53 Å². The van der Waals surface area contributed by atoms with Crippen LogP contribution in [0.1, 0.15) is 49.8 Å². The predicted octanol–water partition coefficient (Wildman–Crippen LogP) is 2.71. The number of ether oxygens (including phenoxy) is 1. The number of aryl methyl sites for hydroxylation is 1. The van der Waals surface area contributed by atoms with Gasteiger partial charge in [0.05, 0.1) is 12.7 Å². The molecule has 0 aliphatic heterocycles. The molecule has 0 aromatic heterocycles. The van der Waals surface area contributed by atoms with Gasteiger partial charge in [-0.3, -0.25) is 4.79 Å². The van der Waals surface area contributed by atoms with Crippen molar-refractivity contribution in [3.63, 3.8) is 0 Å². The molecule has 1 saturated carbocycles. The summed E-state index contributed by atoms with van der Waals surface area (Å²) in [7, 11) is 0. The number of hydrogen-bond donors (Lipinski definition) is 2. The Kier molecular flexibility index (Phi) is 6.40. The minimum absolute atomic E-state index is 0.149. The highest BCUT2D eigenvalue weighted by molar-refractivity contribution is 5.82. The fourth-order valence-electron chi connectivity index (χ4n) is 2.95. The van der Waals surface area contributed by atoms with Crippen LogP contribution < -0.4 is 11.1 Å². The number of carbonyl (C=O) groups excluding carboxylic acids is 1. The van der Waals surface area contributed by atoms with Crippen molar-refractivity contribution >= 4 is 5.91 Å². The number of amides is 1. The average molecular weight is 304 g/mol. The van der Waals surface area contributed by atoms with E-state index in [4.69, 9.17) is 10.5 Å². The number of nitrogens with two attached hydrogens (primary N) is 1. The third-order valence-electron chi connectivity index (χ3n) is 4.48. The van der Waals surface area contributed by atoms with E-state index in [-0.39, 0.29) is 5.91 Å². The van der Waals surface area contributed by atoms with E-state index in [0.29, 0.717) is 25.2 Å². The highest BCUT2D eigenvalue weighted by Crippen LogP contribution is 2.25. The van der Waals surface area contributed by atoms with Gasteiger partial charge in [-0.05, 0) is 31.2 Å². The topological polar surface area (TPSA) is 64.4 Å². The molecule has 2 rings (SSSR count). The number of nitrogens with one attached hydrogen (secondary N) is 1. The lowest BCUT2D eigenvalue weighted by molar-refractivity contribution is -0.123. The van der Waals surface area contributed by atoms with Crippen LogP contribution in [0.5, 0.6) is 0 Å². The minimum Gasteiger partial charge on any atom is -0.376 e. The van der Waals surface area contributed by atoms with E-state index in [9.17, 15) is 4.79 Å². The summed E-state index contributed by atoms with van der Waals surface area (Å²) in [5, 5.41) is 2.86. The number of hydrogen-bond acceptors (Lipinski definition) is 3. The highest BCUT2D eigenvalue weighted by Gasteiger charge is 2.21. The standard InChI is InChI=1S/C18H28N2O2/c1-13-7-9-15(10-8-13)17(19)18(21)20-11-12-22-16-6-4-3-5-14(16)2/h7-10,14,16-17H,3-6,11-12,19H2,1-2H3,(H,20,21). The van der Waals surface area contributed by atoms with Gasteiger partial charge in [-0.15, -0.1) is 0 Å². The zero-order chi connectivity index (χ0) is 15.9. The molecule has 1 aromatic carbocycles. The van der Waals surface area contributed by atoms with Gasteiger partial charge in [0.15, 0.2) is 0 Å². The Labute approximate surface area is 133 Å². The predicted molar refractivity (Wildman–Crippen MR) is 88.5 cm³/mol. The first-order valence-electron chi connectivity index (χ1n) is 8.29. The second-order valence-corrected chi connectivity index (χ2v) is 6.35. The van der Waals surface area contributed by atoms with E-state index in [1.807, 2.05) is 31.2 Å². The largest absolute Gasteiger partial charge is 0.376 e. The summed E-state index contributed by atoms with van der Waals surface area (Å²) in [6.45, 7) is 5.33. The smallest absolute Gasteiger partial charge is 0.241 e. The maximum absolute atomic E-state index is 12.1. The van der Waals surface area contributed by atoms with E-state index in [1.165, 1.54) is 19.3 Å². The Morgan fingerprint density at radius 1 is 1.32 bits per heavy atom. The van der Waals surface area contributed by atoms with Crippen LogP contribution in [-0.2, 0) is 9.53 Å². The number of carbonyl (C=O) groups is 1. The van der Waals surface area contributed by atoms with Gasteiger partial charge in [-0.2, -0.15) is 0 Å². The molecule has 1 aliphatic carbocycles. The van der Waals surface area contributed by atoms with Crippen molar-refractivity contribution in [2.45, 2.75) is 51.7 Å². The molecule has 0 bridgehead atoms. The van der Waals surface area contributed by atoms with E-state index < -0.39 is 6.04 Å². The number of rotatable bonds is 6. The molecule has 1 fully saturated rings. The van der Waals surface area contributed by atoms with Gasteiger partial charge in [0.25, 0.3) is 0 Å². The van der Waals surface area contributed by atoms with Crippen LogP contribution >= 0.6 is 0 Å². The molecule has 0 spiro atoms. The molecule has 4 nitrogen and oxygen atoms in total. The molecule has 1 amide bonds. The van der Waals surface area contributed by atoms with Gasteiger partial charge < -0.3 is 15.8 Å². The number of benzene rings is 1. The van der Waals surface area contributed by atoms with Gasteiger partial charge in [0.1, 0.15) is 6.04 Å². The normalized spacial score (nSPS) is 23.0. The first-order chi connectivity index (χ1) is 10.6. The summed E-state index contributed by atoms with van der Waals surface area (Å²) in [5.41, 5.74) is 7.98. The van der Waals surface area contributed by atoms with Crippen molar-refractivity contribution in [3.8, 4) is 0 Å². The zero-order valence-electron chi connectivity index (χ0n) is 13.7. The molecule has 0 heterocycles. The Bertz CT molecular complexity index is 472. The van der Waals surface area contributed by atoms with Crippen LogP contribution in [-0.4, -0.2) is 25.2 Å². The molecule has 22 heavy (non-hydrogen) atoms. The SMILES string of the molecule is Cc1ccc(C(N)C(=O)NCCOC2CCCCC2C)cc1. The Morgan fingerprint density at radius 2 is 2.00 bits per heavy atom. The van der Waals surface area contributed by atoms with E-state index in [2.05, 4.69) is 12.2 Å². The monoisotopic (exact) mass is 304 g/mol. The Balaban J connectivity index is 1.69. The highest BCUT2D eigenvalue weighted by atomic mass is 16.5. The summed E-state index contributed by atoms with van der Waals surface area (Å²) >= 11 is 0. The van der Waals surface area contributed by atoms with Crippen LogP contribution in [0.3, 0.4) is 0 Å². The van der Waals surface area contributed by atoms with Crippen LogP contribution in [0.25, 0.3) is 0 Å². The van der Waals surface area contributed by atoms with Crippen molar-refractivity contribution in [1.82, 2.24) is 5.32 Å². The lowest BCUT2D eigenvalue weighted by Gasteiger charge is -2.28. The molecule has 3 atom stereocenters. The van der Waals surface area contributed by atoms with E-state index >= 15 is 0 Å². The molecule has 1 aromatic rings. The van der Waals surface area contributed by atoms with E-state index in [1.54, 1.807) is 0 Å². The summed E-state index contributed by atoms with van der Waals surface area (Å²) in [6.07, 6.45) is 5.28. The zero-order valence-corrected chi connectivity index (χ0v) is 13.7. The lowest BCUT2D eigenvalue weighted by Crippen LogP contribution is -2.37. The summed E-state index contributed by atoms with van der Waals surface area (Å²) in [5.74, 6) is 0.475. The lowest BCUT2D eigenvalue weighted by atomic mass is 9.88. The van der Waals surface area contributed by atoms with Crippen molar-refractivity contribution in [1.29, 1.82) is 0 Å². The minimum atomic E-state index is -0.616.